The fraction of sp³-hybridized carbons (Fsp3) is 0.455. The van der Waals surface area contributed by atoms with E-state index < -0.39 is 10.0 Å². The lowest BCUT2D eigenvalue weighted by Crippen LogP contribution is -2.48. The Balaban J connectivity index is 1.34. The first-order valence-corrected chi connectivity index (χ1v) is 12.1. The van der Waals surface area contributed by atoms with E-state index in [0.29, 0.717) is 25.3 Å². The minimum absolute atomic E-state index is 0.0805. The van der Waals surface area contributed by atoms with Gasteiger partial charge in [-0.15, -0.1) is 0 Å². The zero-order chi connectivity index (χ0) is 21.7. The second kappa shape index (κ2) is 9.86. The van der Waals surface area contributed by atoms with Crippen LogP contribution in [0.2, 0.25) is 0 Å². The molecule has 3 heterocycles. The summed E-state index contributed by atoms with van der Waals surface area (Å²) in [6, 6.07) is 10.3. The number of nitrogens with one attached hydrogen (secondary N) is 1. The molecule has 2 fully saturated rings. The molecular formula is C22H28N4O4S. The molecule has 2 aliphatic heterocycles. The van der Waals surface area contributed by atoms with E-state index in [1.807, 2.05) is 12.1 Å². The first-order valence-electron chi connectivity index (χ1n) is 10.6. The molecule has 1 aromatic carbocycles. The van der Waals surface area contributed by atoms with Crippen LogP contribution in [0.15, 0.2) is 53.7 Å². The van der Waals surface area contributed by atoms with Gasteiger partial charge >= 0.3 is 0 Å². The number of piperazine rings is 1. The monoisotopic (exact) mass is 444 g/mol. The lowest BCUT2D eigenvalue weighted by molar-refractivity contribution is 0.0628. The number of hydrogen-bond donors (Lipinski definition) is 1. The highest BCUT2D eigenvalue weighted by Crippen LogP contribution is 2.17. The van der Waals surface area contributed by atoms with Crippen molar-refractivity contribution in [3.05, 3.63) is 59.9 Å². The van der Waals surface area contributed by atoms with Gasteiger partial charge in [0.05, 0.1) is 11.0 Å². The summed E-state index contributed by atoms with van der Waals surface area (Å²) in [6.07, 6.45) is 5.29. The van der Waals surface area contributed by atoms with E-state index in [2.05, 4.69) is 14.6 Å². The Morgan fingerprint density at radius 3 is 2.61 bits per heavy atom. The highest BCUT2D eigenvalue weighted by Gasteiger charge is 2.24. The number of sulfonamides is 1. The van der Waals surface area contributed by atoms with Gasteiger partial charge < -0.3 is 9.64 Å². The van der Waals surface area contributed by atoms with Crippen molar-refractivity contribution in [3.8, 4) is 0 Å². The molecule has 1 amide bonds. The molecule has 1 aromatic heterocycles. The number of aromatic nitrogens is 1. The number of amides is 1. The number of rotatable bonds is 7. The molecule has 0 spiro atoms. The van der Waals surface area contributed by atoms with Crippen LogP contribution in [0.5, 0.6) is 0 Å². The average Bonchev–Trinajstić information content (AvgIpc) is 3.33. The predicted octanol–water partition coefficient (Wildman–Crippen LogP) is 1.50. The van der Waals surface area contributed by atoms with Crippen LogP contribution in [-0.4, -0.2) is 74.5 Å². The molecule has 8 nitrogen and oxygen atoms in total. The van der Waals surface area contributed by atoms with Gasteiger partial charge in [0.15, 0.2) is 0 Å². The maximum Gasteiger partial charge on any atom is 0.253 e. The van der Waals surface area contributed by atoms with Crippen molar-refractivity contribution in [3.63, 3.8) is 0 Å². The Bertz CT molecular complexity index is 986. The topological polar surface area (TPSA) is 91.8 Å². The molecule has 0 saturated carbocycles. The molecular weight excluding hydrogens is 416 g/mol. The third kappa shape index (κ3) is 5.68. The molecule has 1 atom stereocenters. The molecule has 4 rings (SSSR count). The van der Waals surface area contributed by atoms with Crippen molar-refractivity contribution in [1.29, 1.82) is 0 Å². The van der Waals surface area contributed by atoms with E-state index in [1.54, 1.807) is 29.4 Å². The van der Waals surface area contributed by atoms with Gasteiger partial charge in [-0.05, 0) is 48.7 Å². The number of ether oxygens (including phenoxy) is 1. The summed E-state index contributed by atoms with van der Waals surface area (Å²) in [4.78, 5) is 21.2. The van der Waals surface area contributed by atoms with Crippen LogP contribution in [0.25, 0.3) is 0 Å². The number of benzene rings is 1. The minimum atomic E-state index is -3.69. The Kier molecular flexibility index (Phi) is 6.96. The predicted molar refractivity (Wildman–Crippen MR) is 116 cm³/mol. The Morgan fingerprint density at radius 1 is 1.13 bits per heavy atom. The molecule has 31 heavy (non-hydrogen) atoms. The molecule has 9 heteroatoms. The molecule has 1 N–H and O–H groups in total. The molecule has 0 bridgehead atoms. The summed E-state index contributed by atoms with van der Waals surface area (Å²) < 4.78 is 33.4. The lowest BCUT2D eigenvalue weighted by Gasteiger charge is -2.34. The highest BCUT2D eigenvalue weighted by atomic mass is 32.2. The second-order valence-electron chi connectivity index (χ2n) is 7.94. The molecule has 2 saturated heterocycles. The van der Waals surface area contributed by atoms with E-state index in [9.17, 15) is 13.2 Å². The Labute approximate surface area is 183 Å². The summed E-state index contributed by atoms with van der Waals surface area (Å²) in [5.74, 6) is -0.139. The molecule has 2 aromatic rings. The fourth-order valence-electron chi connectivity index (χ4n) is 3.93. The largest absolute Gasteiger partial charge is 0.377 e. The van der Waals surface area contributed by atoms with Gasteiger partial charge in [-0.2, -0.15) is 0 Å². The van der Waals surface area contributed by atoms with Gasteiger partial charge in [-0.1, -0.05) is 6.07 Å². The van der Waals surface area contributed by atoms with Crippen molar-refractivity contribution in [2.24, 2.45) is 0 Å². The van der Waals surface area contributed by atoms with Crippen LogP contribution in [0.3, 0.4) is 0 Å². The molecule has 0 aliphatic carbocycles. The maximum atomic E-state index is 13.0. The highest BCUT2D eigenvalue weighted by molar-refractivity contribution is 7.89. The molecule has 0 unspecified atom stereocenters. The van der Waals surface area contributed by atoms with Crippen molar-refractivity contribution < 1.29 is 17.9 Å². The van der Waals surface area contributed by atoms with E-state index in [4.69, 9.17) is 4.74 Å². The van der Waals surface area contributed by atoms with E-state index in [1.165, 1.54) is 17.7 Å². The third-order valence-electron chi connectivity index (χ3n) is 5.73. The van der Waals surface area contributed by atoms with Gasteiger partial charge in [0, 0.05) is 63.8 Å². The maximum absolute atomic E-state index is 13.0. The second-order valence-corrected chi connectivity index (χ2v) is 9.71. The first kappa shape index (κ1) is 21.9. The van der Waals surface area contributed by atoms with Crippen molar-refractivity contribution in [1.82, 2.24) is 19.5 Å². The number of carbonyl (C=O) groups excluding carboxylic acids is 1. The van der Waals surface area contributed by atoms with E-state index >= 15 is 0 Å². The van der Waals surface area contributed by atoms with Crippen molar-refractivity contribution in [2.45, 2.75) is 30.4 Å². The van der Waals surface area contributed by atoms with Gasteiger partial charge in [-0.3, -0.25) is 14.7 Å². The van der Waals surface area contributed by atoms with Crippen LogP contribution < -0.4 is 4.72 Å². The zero-order valence-corrected chi connectivity index (χ0v) is 18.3. The SMILES string of the molecule is O=C(c1cccc(S(=O)(=O)NC[C@H]2CCCO2)c1)N1CCN(Cc2ccncc2)CC1. The van der Waals surface area contributed by atoms with Gasteiger partial charge in [-0.25, -0.2) is 13.1 Å². The Morgan fingerprint density at radius 2 is 1.90 bits per heavy atom. The standard InChI is InChI=1S/C22H28N4O4S/c27-22(26-12-10-25(11-13-26)17-18-6-8-23-9-7-18)19-3-1-5-21(15-19)31(28,29)24-16-20-4-2-14-30-20/h1,3,5-9,15,20,24H,2,4,10-14,16-17H2/t20-/m1/s1. The van der Waals surface area contributed by atoms with Crippen LogP contribution in [0.1, 0.15) is 28.8 Å². The lowest BCUT2D eigenvalue weighted by atomic mass is 10.1. The average molecular weight is 445 g/mol. The number of hydrogen-bond acceptors (Lipinski definition) is 6. The fourth-order valence-corrected chi connectivity index (χ4v) is 5.04. The van der Waals surface area contributed by atoms with Crippen LogP contribution in [0, 0.1) is 0 Å². The summed E-state index contributed by atoms with van der Waals surface area (Å²) in [6.45, 7) is 4.52. The summed E-state index contributed by atoms with van der Waals surface area (Å²) >= 11 is 0. The van der Waals surface area contributed by atoms with E-state index in [-0.39, 0.29) is 23.5 Å². The van der Waals surface area contributed by atoms with Crippen molar-refractivity contribution >= 4 is 15.9 Å². The summed E-state index contributed by atoms with van der Waals surface area (Å²) in [5, 5.41) is 0. The first-order chi connectivity index (χ1) is 15.0. The normalized spacial score (nSPS) is 20.1. The smallest absolute Gasteiger partial charge is 0.253 e. The summed E-state index contributed by atoms with van der Waals surface area (Å²) in [7, 11) is -3.69. The molecule has 2 aliphatic rings. The molecule has 0 radical (unpaired) electrons. The number of pyridine rings is 1. The minimum Gasteiger partial charge on any atom is -0.377 e. The van der Waals surface area contributed by atoms with Gasteiger partial charge in [0.1, 0.15) is 0 Å². The summed E-state index contributed by atoms with van der Waals surface area (Å²) in [5.41, 5.74) is 1.59. The van der Waals surface area contributed by atoms with Crippen LogP contribution in [0.4, 0.5) is 0 Å². The van der Waals surface area contributed by atoms with Gasteiger partial charge in [0.25, 0.3) is 5.91 Å². The number of carbonyl (C=O) groups is 1. The molecule has 166 valence electrons. The van der Waals surface area contributed by atoms with E-state index in [0.717, 1.165) is 32.5 Å². The zero-order valence-electron chi connectivity index (χ0n) is 17.4. The van der Waals surface area contributed by atoms with Crippen LogP contribution in [-0.2, 0) is 21.3 Å². The number of nitrogens with zero attached hydrogens (tertiary/aromatic N) is 3. The van der Waals surface area contributed by atoms with Crippen LogP contribution >= 0.6 is 0 Å². The quantitative estimate of drug-likeness (QED) is 0.696. The Hall–Kier alpha value is -2.33. The third-order valence-corrected chi connectivity index (χ3v) is 7.15. The van der Waals surface area contributed by atoms with Gasteiger partial charge in [0.2, 0.25) is 10.0 Å². The van der Waals surface area contributed by atoms with Crippen molar-refractivity contribution in [2.75, 3.05) is 39.3 Å².